The number of piperidine rings is 1. The molecule has 1 aromatic carbocycles. The van der Waals surface area contributed by atoms with Gasteiger partial charge < -0.3 is 9.88 Å². The van der Waals surface area contributed by atoms with Crippen molar-refractivity contribution in [1.82, 2.24) is 19.8 Å². The maximum atomic E-state index is 4.12. The fraction of sp³-hybridized carbons (Fsp3) is 0.550. The highest BCUT2D eigenvalue weighted by molar-refractivity contribution is 5.15. The molecule has 2 fully saturated rings. The zero-order chi connectivity index (χ0) is 16.2. The smallest absolute Gasteiger partial charge is 0.0946 e. The maximum absolute atomic E-state index is 4.12. The van der Waals surface area contributed by atoms with Gasteiger partial charge in [-0.3, -0.25) is 4.90 Å². The third-order valence-electron chi connectivity index (χ3n) is 5.81. The van der Waals surface area contributed by atoms with Crippen molar-refractivity contribution in [2.75, 3.05) is 13.1 Å². The van der Waals surface area contributed by atoms with E-state index in [0.717, 1.165) is 31.6 Å². The number of nitrogens with one attached hydrogen (secondary N) is 1. The Balaban J connectivity index is 1.33. The average Bonchev–Trinajstić information content (AvgIpc) is 3.29. The lowest BCUT2D eigenvalue weighted by molar-refractivity contribution is 0.0779. The second-order valence-corrected chi connectivity index (χ2v) is 7.27. The van der Waals surface area contributed by atoms with Gasteiger partial charge in [-0.15, -0.1) is 0 Å². The van der Waals surface area contributed by atoms with E-state index in [1.54, 1.807) is 0 Å². The van der Waals surface area contributed by atoms with Gasteiger partial charge in [0.1, 0.15) is 0 Å². The lowest BCUT2D eigenvalue weighted by Gasteiger charge is -2.43. The van der Waals surface area contributed by atoms with Crippen LogP contribution in [-0.4, -0.2) is 39.6 Å². The van der Waals surface area contributed by atoms with E-state index in [4.69, 9.17) is 0 Å². The van der Waals surface area contributed by atoms with Gasteiger partial charge in [0.2, 0.25) is 0 Å². The van der Waals surface area contributed by atoms with Crippen LogP contribution in [0, 0.1) is 5.92 Å². The summed E-state index contributed by atoms with van der Waals surface area (Å²) < 4.78 is 2.16. The molecule has 1 aromatic heterocycles. The van der Waals surface area contributed by atoms with Crippen LogP contribution in [0.5, 0.6) is 0 Å². The summed E-state index contributed by atoms with van der Waals surface area (Å²) in [6, 6.07) is 12.4. The fourth-order valence-corrected chi connectivity index (χ4v) is 4.64. The van der Waals surface area contributed by atoms with E-state index in [2.05, 4.69) is 50.1 Å². The van der Waals surface area contributed by atoms with Gasteiger partial charge >= 0.3 is 0 Å². The number of hydrogen-bond acceptors (Lipinski definition) is 3. The van der Waals surface area contributed by atoms with Gasteiger partial charge in [0, 0.05) is 50.7 Å². The molecule has 128 valence electrons. The highest BCUT2D eigenvalue weighted by Gasteiger charge is 2.40. The first-order chi connectivity index (χ1) is 11.9. The summed E-state index contributed by atoms with van der Waals surface area (Å²) in [6.07, 6.45) is 11.2. The lowest BCUT2D eigenvalue weighted by Crippen LogP contribution is -2.53. The Bertz CT molecular complexity index is 610. The molecule has 4 nitrogen and oxygen atoms in total. The van der Waals surface area contributed by atoms with Crippen LogP contribution in [0.2, 0.25) is 0 Å². The number of likely N-dealkylation sites (tertiary alicyclic amines) is 1. The minimum Gasteiger partial charge on any atom is -0.336 e. The van der Waals surface area contributed by atoms with E-state index in [0.29, 0.717) is 6.04 Å². The first-order valence-corrected chi connectivity index (χ1v) is 9.37. The molecule has 1 saturated heterocycles. The van der Waals surface area contributed by atoms with Gasteiger partial charge in [-0.05, 0) is 30.7 Å². The SMILES string of the molecule is c1ccc(CN2CCC(NCCn3ccnc3)C3CCCC32)cc1. The van der Waals surface area contributed by atoms with E-state index in [1.165, 1.54) is 37.8 Å². The molecule has 1 saturated carbocycles. The van der Waals surface area contributed by atoms with Crippen LogP contribution in [-0.2, 0) is 13.1 Å². The molecular formula is C20H28N4. The quantitative estimate of drug-likeness (QED) is 0.887. The molecule has 3 atom stereocenters. The molecule has 0 amide bonds. The van der Waals surface area contributed by atoms with Crippen molar-refractivity contribution in [2.24, 2.45) is 5.92 Å². The predicted octanol–water partition coefficient (Wildman–Crippen LogP) is 2.92. The highest BCUT2D eigenvalue weighted by Crippen LogP contribution is 2.37. The average molecular weight is 324 g/mol. The van der Waals surface area contributed by atoms with Crippen molar-refractivity contribution in [3.63, 3.8) is 0 Å². The molecule has 2 aromatic rings. The molecule has 1 aliphatic carbocycles. The second-order valence-electron chi connectivity index (χ2n) is 7.27. The Morgan fingerprint density at radius 2 is 2.04 bits per heavy atom. The number of aromatic nitrogens is 2. The number of fused-ring (bicyclic) bond motifs is 1. The molecule has 4 rings (SSSR count). The van der Waals surface area contributed by atoms with Gasteiger partial charge in [-0.2, -0.15) is 0 Å². The van der Waals surface area contributed by atoms with Crippen LogP contribution >= 0.6 is 0 Å². The van der Waals surface area contributed by atoms with E-state index >= 15 is 0 Å². The number of imidazole rings is 1. The number of nitrogens with zero attached hydrogens (tertiary/aromatic N) is 3. The zero-order valence-corrected chi connectivity index (χ0v) is 14.3. The molecule has 0 radical (unpaired) electrons. The molecule has 4 heteroatoms. The Morgan fingerprint density at radius 1 is 1.12 bits per heavy atom. The monoisotopic (exact) mass is 324 g/mol. The minimum atomic E-state index is 0.688. The van der Waals surface area contributed by atoms with Crippen LogP contribution in [0.4, 0.5) is 0 Å². The maximum Gasteiger partial charge on any atom is 0.0946 e. The van der Waals surface area contributed by atoms with Gasteiger partial charge in [-0.25, -0.2) is 4.98 Å². The summed E-state index contributed by atoms with van der Waals surface area (Å²) in [7, 11) is 0. The number of hydrogen-bond donors (Lipinski definition) is 1. The molecule has 0 bridgehead atoms. The topological polar surface area (TPSA) is 33.1 Å². The van der Waals surface area contributed by atoms with Gasteiger partial charge in [0.05, 0.1) is 6.33 Å². The Hall–Kier alpha value is -1.65. The van der Waals surface area contributed by atoms with Crippen LogP contribution in [0.1, 0.15) is 31.2 Å². The molecule has 3 unspecified atom stereocenters. The van der Waals surface area contributed by atoms with Crippen LogP contribution in [0.25, 0.3) is 0 Å². The molecule has 1 aliphatic heterocycles. The molecule has 0 spiro atoms. The van der Waals surface area contributed by atoms with E-state index in [-0.39, 0.29) is 0 Å². The summed E-state index contributed by atoms with van der Waals surface area (Å²) in [5.41, 5.74) is 1.45. The molecule has 2 heterocycles. The normalized spacial score (nSPS) is 27.2. The molecule has 2 aliphatic rings. The Labute approximate surface area is 144 Å². The van der Waals surface area contributed by atoms with Crippen molar-refractivity contribution in [3.8, 4) is 0 Å². The Morgan fingerprint density at radius 3 is 2.88 bits per heavy atom. The van der Waals surface area contributed by atoms with Crippen LogP contribution < -0.4 is 5.32 Å². The first kappa shape index (κ1) is 15.9. The van der Waals surface area contributed by atoms with E-state index < -0.39 is 0 Å². The summed E-state index contributed by atoms with van der Waals surface area (Å²) in [5.74, 6) is 0.824. The van der Waals surface area contributed by atoms with Crippen LogP contribution in [0.3, 0.4) is 0 Å². The summed E-state index contributed by atoms with van der Waals surface area (Å²) in [4.78, 5) is 6.86. The number of benzene rings is 1. The number of rotatable bonds is 6. The second kappa shape index (κ2) is 7.49. The van der Waals surface area contributed by atoms with Gasteiger partial charge in [0.25, 0.3) is 0 Å². The van der Waals surface area contributed by atoms with Crippen molar-refractivity contribution in [3.05, 3.63) is 54.6 Å². The van der Waals surface area contributed by atoms with Crippen molar-refractivity contribution in [2.45, 2.75) is 50.9 Å². The van der Waals surface area contributed by atoms with Gasteiger partial charge in [-0.1, -0.05) is 36.8 Å². The first-order valence-electron chi connectivity index (χ1n) is 9.37. The zero-order valence-electron chi connectivity index (χ0n) is 14.3. The summed E-state index contributed by atoms with van der Waals surface area (Å²) >= 11 is 0. The van der Waals surface area contributed by atoms with Crippen molar-refractivity contribution >= 4 is 0 Å². The van der Waals surface area contributed by atoms with E-state index in [1.807, 2.05) is 18.7 Å². The predicted molar refractivity (Wildman–Crippen MR) is 96.6 cm³/mol. The van der Waals surface area contributed by atoms with E-state index in [9.17, 15) is 0 Å². The van der Waals surface area contributed by atoms with Crippen LogP contribution in [0.15, 0.2) is 49.1 Å². The standard InChI is InChI=1S/C20H28N4/c1-2-5-17(6-3-1)15-24-12-9-19(18-7-4-8-20(18)24)22-11-14-23-13-10-21-16-23/h1-3,5-6,10,13,16,18-20,22H,4,7-9,11-12,14-15H2. The fourth-order valence-electron chi connectivity index (χ4n) is 4.64. The molecule has 1 N–H and O–H groups in total. The Kier molecular flexibility index (Phi) is 4.95. The summed E-state index contributed by atoms with van der Waals surface area (Å²) in [5, 5.41) is 3.84. The molecule has 24 heavy (non-hydrogen) atoms. The van der Waals surface area contributed by atoms with Gasteiger partial charge in [0.15, 0.2) is 0 Å². The third kappa shape index (κ3) is 3.55. The third-order valence-corrected chi connectivity index (χ3v) is 5.81. The largest absolute Gasteiger partial charge is 0.336 e. The van der Waals surface area contributed by atoms with Crippen molar-refractivity contribution < 1.29 is 0 Å². The highest BCUT2D eigenvalue weighted by atomic mass is 15.2. The van der Waals surface area contributed by atoms with Crippen molar-refractivity contribution in [1.29, 1.82) is 0 Å². The lowest BCUT2D eigenvalue weighted by atomic mass is 9.86. The molecular weight excluding hydrogens is 296 g/mol. The minimum absolute atomic E-state index is 0.688. The summed E-state index contributed by atoms with van der Waals surface area (Å²) in [6.45, 7) is 4.40.